The van der Waals surface area contributed by atoms with Crippen LogP contribution in [0.2, 0.25) is 5.02 Å². The molecule has 0 aliphatic carbocycles. The maximum absolute atomic E-state index is 11.5. The third-order valence-corrected chi connectivity index (χ3v) is 3.10. The van der Waals surface area contributed by atoms with Crippen LogP contribution in [0.15, 0.2) is 42.6 Å². The van der Waals surface area contributed by atoms with Crippen molar-refractivity contribution in [2.24, 2.45) is 0 Å². The van der Waals surface area contributed by atoms with E-state index < -0.39 is 12.1 Å². The fourth-order valence-corrected chi connectivity index (χ4v) is 1.95. The van der Waals surface area contributed by atoms with Crippen molar-refractivity contribution in [2.75, 3.05) is 6.54 Å². The van der Waals surface area contributed by atoms with Crippen molar-refractivity contribution in [3.63, 3.8) is 0 Å². The molecule has 0 saturated heterocycles. The number of pyridine rings is 1. The molecule has 122 valence electrons. The number of aromatic carboxylic acids is 1. The number of hydrogen-bond acceptors (Lipinski definition) is 4. The molecule has 0 aliphatic heterocycles. The van der Waals surface area contributed by atoms with E-state index in [1.54, 1.807) is 0 Å². The summed E-state index contributed by atoms with van der Waals surface area (Å²) in [4.78, 5) is 26.0. The fourth-order valence-electron chi connectivity index (χ4n) is 1.70. The Bertz CT molecular complexity index is 797. The molecule has 1 heterocycles. The largest absolute Gasteiger partial charge is 0.476 e. The number of alkyl carbamates (subject to hydrolysis) is 1. The van der Waals surface area contributed by atoms with Gasteiger partial charge < -0.3 is 15.2 Å². The monoisotopic (exact) mass is 344 g/mol. The second-order valence-corrected chi connectivity index (χ2v) is 4.98. The topological polar surface area (TPSA) is 88.5 Å². The average molecular weight is 345 g/mol. The third-order valence-electron chi connectivity index (χ3n) is 2.81. The summed E-state index contributed by atoms with van der Waals surface area (Å²) < 4.78 is 5.03. The van der Waals surface area contributed by atoms with Gasteiger partial charge in [0.25, 0.3) is 0 Å². The lowest BCUT2D eigenvalue weighted by Gasteiger charge is -2.04. The highest BCUT2D eigenvalue weighted by Crippen LogP contribution is 2.14. The molecule has 0 atom stereocenters. The predicted octanol–water partition coefficient (Wildman–Crippen LogP) is 2.71. The van der Waals surface area contributed by atoms with Gasteiger partial charge in [0, 0.05) is 11.8 Å². The molecule has 7 heteroatoms. The first-order valence-corrected chi connectivity index (χ1v) is 7.26. The lowest BCUT2D eigenvalue weighted by Crippen LogP contribution is -2.24. The molecule has 2 N–H and O–H groups in total. The van der Waals surface area contributed by atoms with E-state index in [1.807, 2.05) is 30.3 Å². The minimum Gasteiger partial charge on any atom is -0.476 e. The summed E-state index contributed by atoms with van der Waals surface area (Å²) in [5, 5.41) is 11.3. The number of carboxylic acids is 1. The normalized spacial score (nSPS) is 9.54. The molecule has 1 amide bonds. The second-order valence-electron chi connectivity index (χ2n) is 4.58. The van der Waals surface area contributed by atoms with Crippen LogP contribution in [0, 0.1) is 11.8 Å². The van der Waals surface area contributed by atoms with Crippen LogP contribution in [0.3, 0.4) is 0 Å². The Hall–Kier alpha value is -3.04. The lowest BCUT2D eigenvalue weighted by atomic mass is 10.2. The van der Waals surface area contributed by atoms with Crippen LogP contribution >= 0.6 is 11.6 Å². The Labute approximate surface area is 143 Å². The Kier molecular flexibility index (Phi) is 6.17. The number of carbonyl (C=O) groups is 2. The molecule has 0 bridgehead atoms. The minimum absolute atomic E-state index is 0.00419. The first kappa shape index (κ1) is 17.3. The number of ether oxygens (including phenoxy) is 1. The van der Waals surface area contributed by atoms with Gasteiger partial charge in [-0.3, -0.25) is 0 Å². The van der Waals surface area contributed by atoms with Crippen LogP contribution in [0.5, 0.6) is 0 Å². The molecule has 1 aromatic carbocycles. The molecular formula is C17H13ClN2O4. The number of rotatable bonds is 4. The SMILES string of the molecule is O=C(NCC#Cc1cnc(C(=O)O)c(Cl)c1)OCc1ccccc1. The summed E-state index contributed by atoms with van der Waals surface area (Å²) in [7, 11) is 0. The lowest BCUT2D eigenvalue weighted by molar-refractivity contribution is 0.0690. The fraction of sp³-hybridized carbons (Fsp3) is 0.118. The first-order chi connectivity index (χ1) is 11.6. The number of benzene rings is 1. The van der Waals surface area contributed by atoms with Gasteiger partial charge in [-0.1, -0.05) is 53.8 Å². The highest BCUT2D eigenvalue weighted by molar-refractivity contribution is 6.33. The Morgan fingerprint density at radius 3 is 2.71 bits per heavy atom. The van der Waals surface area contributed by atoms with E-state index in [9.17, 15) is 9.59 Å². The standard InChI is InChI=1S/C17H13ClN2O4/c18-14-9-13(10-20-15(14)16(21)22)7-4-8-19-17(23)24-11-12-5-2-1-3-6-12/h1-3,5-6,9-10H,8,11H2,(H,19,23)(H,21,22). The smallest absolute Gasteiger partial charge is 0.408 e. The average Bonchev–Trinajstić information content (AvgIpc) is 2.57. The van der Waals surface area contributed by atoms with Crippen molar-refractivity contribution in [1.29, 1.82) is 0 Å². The zero-order chi connectivity index (χ0) is 17.4. The molecule has 2 aromatic rings. The predicted molar refractivity (Wildman–Crippen MR) is 87.7 cm³/mol. The van der Waals surface area contributed by atoms with Crippen molar-refractivity contribution in [3.05, 3.63) is 64.4 Å². The van der Waals surface area contributed by atoms with Crippen LogP contribution < -0.4 is 5.32 Å². The van der Waals surface area contributed by atoms with Crippen molar-refractivity contribution in [1.82, 2.24) is 10.3 Å². The highest BCUT2D eigenvalue weighted by atomic mass is 35.5. The van der Waals surface area contributed by atoms with Gasteiger partial charge in [0.05, 0.1) is 11.6 Å². The van der Waals surface area contributed by atoms with Gasteiger partial charge in [0.15, 0.2) is 5.69 Å². The van der Waals surface area contributed by atoms with Crippen molar-refractivity contribution < 1.29 is 19.4 Å². The molecular weight excluding hydrogens is 332 g/mol. The summed E-state index contributed by atoms with van der Waals surface area (Å²) in [5.41, 5.74) is 1.10. The molecule has 0 unspecified atom stereocenters. The summed E-state index contributed by atoms with van der Waals surface area (Å²) in [6, 6.07) is 10.7. The van der Waals surface area contributed by atoms with Crippen LogP contribution in [0.25, 0.3) is 0 Å². The van der Waals surface area contributed by atoms with Crippen LogP contribution in [-0.4, -0.2) is 28.7 Å². The highest BCUT2D eigenvalue weighted by Gasteiger charge is 2.09. The number of aromatic nitrogens is 1. The van der Waals surface area contributed by atoms with E-state index in [0.29, 0.717) is 5.56 Å². The van der Waals surface area contributed by atoms with Crippen molar-refractivity contribution >= 4 is 23.7 Å². The van der Waals surface area contributed by atoms with E-state index >= 15 is 0 Å². The van der Waals surface area contributed by atoms with Crippen LogP contribution in [0.1, 0.15) is 21.6 Å². The van der Waals surface area contributed by atoms with Gasteiger partial charge in [-0.2, -0.15) is 0 Å². The van der Waals surface area contributed by atoms with Gasteiger partial charge in [0.2, 0.25) is 0 Å². The van der Waals surface area contributed by atoms with E-state index in [2.05, 4.69) is 22.1 Å². The van der Waals surface area contributed by atoms with Crippen molar-refractivity contribution in [3.8, 4) is 11.8 Å². The molecule has 24 heavy (non-hydrogen) atoms. The molecule has 0 fully saturated rings. The van der Waals surface area contributed by atoms with Gasteiger partial charge in [0.1, 0.15) is 6.61 Å². The summed E-state index contributed by atoms with van der Waals surface area (Å²) in [6.07, 6.45) is 0.723. The summed E-state index contributed by atoms with van der Waals surface area (Å²) in [6.45, 7) is 0.252. The Balaban J connectivity index is 1.80. The Morgan fingerprint density at radius 1 is 1.29 bits per heavy atom. The maximum Gasteiger partial charge on any atom is 0.408 e. The van der Waals surface area contributed by atoms with Crippen LogP contribution in [-0.2, 0) is 11.3 Å². The molecule has 2 rings (SSSR count). The number of nitrogens with zero attached hydrogens (tertiary/aromatic N) is 1. The molecule has 1 aromatic heterocycles. The number of nitrogens with one attached hydrogen (secondary N) is 1. The molecule has 6 nitrogen and oxygen atoms in total. The quantitative estimate of drug-likeness (QED) is 0.832. The zero-order valence-electron chi connectivity index (χ0n) is 12.5. The molecule has 0 spiro atoms. The maximum atomic E-state index is 11.5. The van der Waals surface area contributed by atoms with E-state index in [4.69, 9.17) is 21.4 Å². The van der Waals surface area contributed by atoms with Crippen molar-refractivity contribution in [2.45, 2.75) is 6.61 Å². The third kappa shape index (κ3) is 5.30. The van der Waals surface area contributed by atoms with Gasteiger partial charge in [-0.25, -0.2) is 14.6 Å². The first-order valence-electron chi connectivity index (χ1n) is 6.88. The number of carboxylic acid groups (broad SMARTS) is 1. The summed E-state index contributed by atoms with van der Waals surface area (Å²) in [5.74, 6) is 4.21. The molecule has 0 radical (unpaired) electrons. The molecule has 0 saturated carbocycles. The number of halogens is 1. The van der Waals surface area contributed by atoms with Gasteiger partial charge in [-0.15, -0.1) is 0 Å². The van der Waals surface area contributed by atoms with E-state index in [-0.39, 0.29) is 23.9 Å². The number of hydrogen-bond donors (Lipinski definition) is 2. The molecule has 0 aliphatic rings. The number of carbonyl (C=O) groups excluding carboxylic acids is 1. The van der Waals surface area contributed by atoms with E-state index in [0.717, 1.165) is 5.56 Å². The van der Waals surface area contributed by atoms with E-state index in [1.165, 1.54) is 12.3 Å². The second kappa shape index (κ2) is 8.56. The van der Waals surface area contributed by atoms with Gasteiger partial charge in [-0.05, 0) is 11.6 Å². The van der Waals surface area contributed by atoms with Crippen LogP contribution in [0.4, 0.5) is 4.79 Å². The Morgan fingerprint density at radius 2 is 2.04 bits per heavy atom. The number of amides is 1. The minimum atomic E-state index is -1.21. The van der Waals surface area contributed by atoms with Gasteiger partial charge >= 0.3 is 12.1 Å². The summed E-state index contributed by atoms with van der Waals surface area (Å²) >= 11 is 5.79. The zero-order valence-corrected chi connectivity index (χ0v) is 13.2.